The van der Waals surface area contributed by atoms with Crippen LogP contribution in [0.4, 0.5) is 0 Å². The summed E-state index contributed by atoms with van der Waals surface area (Å²) in [5, 5.41) is 38.0. The molecule has 30 heavy (non-hydrogen) atoms. The molecule has 0 aliphatic heterocycles. The van der Waals surface area contributed by atoms with Gasteiger partial charge in [-0.2, -0.15) is 0 Å². The van der Waals surface area contributed by atoms with Gasteiger partial charge in [-0.15, -0.1) is 0 Å². The van der Waals surface area contributed by atoms with E-state index in [1.54, 1.807) is 12.2 Å². The van der Waals surface area contributed by atoms with Crippen LogP contribution in [0.25, 0.3) is 0 Å². The highest BCUT2D eigenvalue weighted by molar-refractivity contribution is 5.84. The van der Waals surface area contributed by atoms with E-state index in [0.717, 1.165) is 19.3 Å². The van der Waals surface area contributed by atoms with Crippen LogP contribution >= 0.6 is 0 Å². The molecule has 0 radical (unpaired) electrons. The molecule has 0 amide bonds. The Labute approximate surface area is 179 Å². The second-order valence-electron chi connectivity index (χ2n) is 7.99. The van der Waals surface area contributed by atoms with Gasteiger partial charge in [-0.3, -0.25) is 9.59 Å². The summed E-state index contributed by atoms with van der Waals surface area (Å²) in [6, 6.07) is 0. The number of aliphatic hydroxyl groups is 4. The Morgan fingerprint density at radius 1 is 1.23 bits per heavy atom. The van der Waals surface area contributed by atoms with E-state index in [0.29, 0.717) is 25.7 Å². The first-order valence-electron chi connectivity index (χ1n) is 11.1. The van der Waals surface area contributed by atoms with Gasteiger partial charge in [-0.05, 0) is 25.7 Å². The SMILES string of the molecule is CCCCC[C@H](O)C=C[C@H]1[C@H](O)CC(=O)[C@@H]1CC=CCCCC(=O)OCC(O)CO. The lowest BCUT2D eigenvalue weighted by Crippen LogP contribution is -2.21. The summed E-state index contributed by atoms with van der Waals surface area (Å²) in [7, 11) is 0. The van der Waals surface area contributed by atoms with Crippen LogP contribution in [-0.4, -0.2) is 63.7 Å². The molecule has 0 saturated heterocycles. The minimum atomic E-state index is -1.05. The van der Waals surface area contributed by atoms with Crippen molar-refractivity contribution in [3.8, 4) is 0 Å². The lowest BCUT2D eigenvalue weighted by Gasteiger charge is -2.16. The first-order valence-corrected chi connectivity index (χ1v) is 11.1. The molecule has 1 fully saturated rings. The normalized spacial score (nSPS) is 24.0. The second-order valence-corrected chi connectivity index (χ2v) is 7.99. The number of carbonyl (C=O) groups is 2. The monoisotopic (exact) mass is 426 g/mol. The largest absolute Gasteiger partial charge is 0.463 e. The number of aliphatic hydroxyl groups excluding tert-OH is 4. The molecule has 1 saturated carbocycles. The first-order chi connectivity index (χ1) is 14.4. The molecule has 7 heteroatoms. The van der Waals surface area contributed by atoms with Crippen LogP contribution in [-0.2, 0) is 14.3 Å². The maximum atomic E-state index is 12.2. The maximum absolute atomic E-state index is 12.2. The van der Waals surface area contributed by atoms with Crippen LogP contribution in [0.2, 0.25) is 0 Å². The van der Waals surface area contributed by atoms with Gasteiger partial charge in [0.2, 0.25) is 0 Å². The fraction of sp³-hybridized carbons (Fsp3) is 0.739. The topological polar surface area (TPSA) is 124 Å². The summed E-state index contributed by atoms with van der Waals surface area (Å²) >= 11 is 0. The highest BCUT2D eigenvalue weighted by Gasteiger charge is 2.39. The van der Waals surface area contributed by atoms with Crippen molar-refractivity contribution in [1.82, 2.24) is 0 Å². The highest BCUT2D eigenvalue weighted by atomic mass is 16.5. The van der Waals surface area contributed by atoms with Crippen molar-refractivity contribution in [2.75, 3.05) is 13.2 Å². The van der Waals surface area contributed by atoms with Crippen LogP contribution in [0.15, 0.2) is 24.3 Å². The predicted molar refractivity (Wildman–Crippen MR) is 114 cm³/mol. The summed E-state index contributed by atoms with van der Waals surface area (Å²) in [6.45, 7) is 1.45. The molecule has 0 bridgehead atoms. The molecule has 0 aromatic rings. The molecule has 0 heterocycles. The van der Waals surface area contributed by atoms with Crippen molar-refractivity contribution >= 4 is 11.8 Å². The molecule has 1 rings (SSSR count). The molecule has 0 spiro atoms. The van der Waals surface area contributed by atoms with Crippen LogP contribution < -0.4 is 0 Å². The number of carbonyl (C=O) groups excluding carboxylic acids is 2. The van der Waals surface area contributed by atoms with Gasteiger partial charge in [-0.1, -0.05) is 50.5 Å². The Kier molecular flexibility index (Phi) is 13.5. The highest BCUT2D eigenvalue weighted by Crippen LogP contribution is 2.33. The molecule has 0 aromatic heterocycles. The molecular weight excluding hydrogens is 388 g/mol. The van der Waals surface area contributed by atoms with Crippen LogP contribution in [0.3, 0.4) is 0 Å². The van der Waals surface area contributed by atoms with E-state index in [2.05, 4.69) is 6.92 Å². The Morgan fingerprint density at radius 3 is 2.70 bits per heavy atom. The Bertz CT molecular complexity index is 558. The average molecular weight is 427 g/mol. The van der Waals surface area contributed by atoms with Gasteiger partial charge in [0.1, 0.15) is 18.5 Å². The van der Waals surface area contributed by atoms with Gasteiger partial charge in [0.05, 0.1) is 18.8 Å². The van der Waals surface area contributed by atoms with Crippen molar-refractivity contribution in [3.05, 3.63) is 24.3 Å². The molecule has 172 valence electrons. The zero-order valence-corrected chi connectivity index (χ0v) is 18.0. The Hall–Kier alpha value is -1.54. The van der Waals surface area contributed by atoms with Gasteiger partial charge >= 0.3 is 5.97 Å². The summed E-state index contributed by atoms with van der Waals surface area (Å²) < 4.78 is 4.83. The van der Waals surface area contributed by atoms with Crippen molar-refractivity contribution in [2.45, 2.75) is 83.0 Å². The van der Waals surface area contributed by atoms with E-state index >= 15 is 0 Å². The lowest BCUT2D eigenvalue weighted by atomic mass is 9.90. The quantitative estimate of drug-likeness (QED) is 0.179. The fourth-order valence-corrected chi connectivity index (χ4v) is 3.52. The maximum Gasteiger partial charge on any atom is 0.305 e. The number of Topliss-reactive ketones (excluding diaryl/α,β-unsaturated/α-hetero) is 1. The van der Waals surface area contributed by atoms with Gasteiger partial charge in [0.15, 0.2) is 0 Å². The third kappa shape index (κ3) is 10.5. The Balaban J connectivity index is 2.37. The van der Waals surface area contributed by atoms with E-state index < -0.39 is 30.9 Å². The molecule has 5 atom stereocenters. The zero-order chi connectivity index (χ0) is 22.4. The zero-order valence-electron chi connectivity index (χ0n) is 18.0. The van der Waals surface area contributed by atoms with Crippen molar-refractivity contribution in [3.63, 3.8) is 0 Å². The third-order valence-electron chi connectivity index (χ3n) is 5.35. The summed E-state index contributed by atoms with van der Waals surface area (Å²) in [5.74, 6) is -0.961. The number of allylic oxidation sites excluding steroid dienone is 2. The summed E-state index contributed by atoms with van der Waals surface area (Å²) in [5.41, 5.74) is 0. The number of esters is 1. The van der Waals surface area contributed by atoms with Crippen molar-refractivity contribution in [2.24, 2.45) is 11.8 Å². The summed E-state index contributed by atoms with van der Waals surface area (Å²) in [6.07, 6.45) is 10.9. The first kappa shape index (κ1) is 26.5. The molecule has 0 aromatic carbocycles. The molecule has 7 nitrogen and oxygen atoms in total. The molecule has 4 N–H and O–H groups in total. The van der Waals surface area contributed by atoms with E-state index in [1.807, 2.05) is 12.2 Å². The summed E-state index contributed by atoms with van der Waals surface area (Å²) in [4.78, 5) is 23.7. The number of ketones is 1. The molecule has 1 aliphatic rings. The molecule has 1 aliphatic carbocycles. The Morgan fingerprint density at radius 2 is 2.00 bits per heavy atom. The average Bonchev–Trinajstić information content (AvgIpc) is 2.99. The number of unbranched alkanes of at least 4 members (excludes halogenated alkanes) is 3. The van der Waals surface area contributed by atoms with Crippen molar-refractivity contribution < 1.29 is 34.8 Å². The van der Waals surface area contributed by atoms with Gasteiger partial charge in [-0.25, -0.2) is 0 Å². The minimum Gasteiger partial charge on any atom is -0.463 e. The molecule has 1 unspecified atom stereocenters. The van der Waals surface area contributed by atoms with Crippen molar-refractivity contribution in [1.29, 1.82) is 0 Å². The van der Waals surface area contributed by atoms with Crippen LogP contribution in [0, 0.1) is 11.8 Å². The van der Waals surface area contributed by atoms with Gasteiger partial charge < -0.3 is 25.2 Å². The van der Waals surface area contributed by atoms with E-state index in [-0.39, 0.29) is 37.1 Å². The van der Waals surface area contributed by atoms with Gasteiger partial charge in [0.25, 0.3) is 0 Å². The number of hydrogen-bond acceptors (Lipinski definition) is 7. The standard InChI is InChI=1S/C23H38O7/c1-2-3-6-9-17(25)12-13-20-19(21(27)14-22(20)28)10-7-4-5-8-11-23(29)30-16-18(26)15-24/h4,7,12-13,17-20,22,24-26,28H,2-3,5-6,8-11,14-16H2,1H3/t17-,18?,19+,20+,22+/m0/s1. The van der Waals surface area contributed by atoms with E-state index in [1.165, 1.54) is 0 Å². The smallest absolute Gasteiger partial charge is 0.305 e. The number of hydrogen-bond donors (Lipinski definition) is 4. The van der Waals surface area contributed by atoms with E-state index in [9.17, 15) is 19.8 Å². The lowest BCUT2D eigenvalue weighted by molar-refractivity contribution is -0.147. The fourth-order valence-electron chi connectivity index (χ4n) is 3.52. The number of ether oxygens (including phenoxy) is 1. The predicted octanol–water partition coefficient (Wildman–Crippen LogP) is 2.06. The second kappa shape index (κ2) is 15.3. The number of rotatable bonds is 15. The third-order valence-corrected chi connectivity index (χ3v) is 5.35. The van der Waals surface area contributed by atoms with Gasteiger partial charge in [0, 0.05) is 24.7 Å². The molecular formula is C23H38O7. The van der Waals surface area contributed by atoms with Crippen LogP contribution in [0.5, 0.6) is 0 Å². The van der Waals surface area contributed by atoms with E-state index in [4.69, 9.17) is 14.9 Å². The minimum absolute atomic E-state index is 0.0355. The van der Waals surface area contributed by atoms with Crippen LogP contribution in [0.1, 0.15) is 64.7 Å².